The van der Waals surface area contributed by atoms with Gasteiger partial charge in [0.1, 0.15) is 0 Å². The highest BCUT2D eigenvalue weighted by Crippen LogP contribution is 2.41. The number of aromatic nitrogens is 2. The zero-order valence-electron chi connectivity index (χ0n) is 48.6. The molecule has 0 amide bonds. The van der Waals surface area contributed by atoms with Gasteiger partial charge in [-0.3, -0.25) is 0 Å². The zero-order valence-corrected chi connectivity index (χ0v) is 24.6. The van der Waals surface area contributed by atoms with E-state index in [0.29, 0.717) is 0 Å². The van der Waals surface area contributed by atoms with E-state index >= 15 is 0 Å². The van der Waals surface area contributed by atoms with Crippen LogP contribution in [0.3, 0.4) is 0 Å². The number of hydrogen-bond donors (Lipinski definition) is 0. The van der Waals surface area contributed by atoms with Crippen molar-refractivity contribution in [1.82, 2.24) is 9.13 Å². The van der Waals surface area contributed by atoms with Gasteiger partial charge in [-0.15, -0.1) is 0 Å². The fraction of sp³-hybridized carbons (Fsp3) is 0.0909. The van der Waals surface area contributed by atoms with E-state index in [4.69, 9.17) is 27.4 Å². The van der Waals surface area contributed by atoms with Crippen molar-refractivity contribution in [3.05, 3.63) is 169 Å². The van der Waals surface area contributed by atoms with E-state index in [1.165, 1.54) is 36.4 Å². The number of fused-ring (bicyclic) bond motifs is 4. The van der Waals surface area contributed by atoms with E-state index in [1.807, 2.05) is 0 Å². The average molecular weight is 643 g/mol. The van der Waals surface area contributed by atoms with Gasteiger partial charge in [0, 0.05) is 62.3 Å². The van der Waals surface area contributed by atoms with Crippen LogP contribution < -0.4 is 9.80 Å². The molecule has 4 heterocycles. The number of para-hydroxylation sites is 4. The Bertz CT molecular complexity index is 3530. The molecule has 0 aliphatic carbocycles. The summed E-state index contributed by atoms with van der Waals surface area (Å²) in [6.45, 7) is -3.34. The minimum atomic E-state index is -1.67. The quantitative estimate of drug-likeness (QED) is 0.186. The Balaban J connectivity index is 1.36. The van der Waals surface area contributed by atoms with Crippen LogP contribution in [0.5, 0.6) is 0 Å². The molecule has 10 rings (SSSR count). The lowest BCUT2D eigenvalue weighted by Gasteiger charge is -2.24. The first-order valence-corrected chi connectivity index (χ1v) is 14.7. The normalized spacial score (nSPS) is 27.0. The molecule has 8 aromatic rings. The fourth-order valence-electron chi connectivity index (χ4n) is 6.04. The Kier molecular flexibility index (Phi) is 2.82. The predicted molar refractivity (Wildman–Crippen MR) is 200 cm³/mol. The SMILES string of the molecule is [2H]c1c([2H])c([2H])c2c(c1[2H])C([2H])C([2H])N2c1cc(-c2cc(N3c4c([2H])c([2H])c([2H])c([2H])c4C([2H])C3[2H])cc(-n3c([2H])c([2H])c4c([2H])c([2H])c([2H])c([2H])c43)c2)cc(-n2c([2H])c([2H])c3c([2H])c([2H])c([2H])c([2H])c32)c1. The molecule has 0 fully saturated rings. The summed E-state index contributed by atoms with van der Waals surface area (Å²) >= 11 is 0. The molecule has 4 heteroatoms. The summed E-state index contributed by atoms with van der Waals surface area (Å²) in [5.41, 5.74) is -1.86. The van der Waals surface area contributed by atoms with Gasteiger partial charge >= 0.3 is 0 Å². The molecule has 4 atom stereocenters. The highest BCUT2D eigenvalue weighted by atomic mass is 15.2. The topological polar surface area (TPSA) is 16.3 Å². The summed E-state index contributed by atoms with van der Waals surface area (Å²) in [6.07, 6.45) is -4.44. The molecule has 2 aliphatic heterocycles. The second kappa shape index (κ2) is 10.8. The summed E-state index contributed by atoms with van der Waals surface area (Å²) in [4.78, 5) is 2.30. The molecule has 2 aliphatic rings. The number of hydrogen-bond acceptors (Lipinski definition) is 2. The van der Waals surface area contributed by atoms with Crippen molar-refractivity contribution in [2.24, 2.45) is 0 Å². The minimum absolute atomic E-state index is 0.0385. The first-order chi connectivity index (χ1) is 33.8. The summed E-state index contributed by atoms with van der Waals surface area (Å²) < 4.78 is 213. The van der Waals surface area contributed by atoms with Gasteiger partial charge in [0.15, 0.2) is 0 Å². The third kappa shape index (κ3) is 4.37. The maximum Gasteiger partial charge on any atom is 0.0822 e. The van der Waals surface area contributed by atoms with Gasteiger partial charge < -0.3 is 18.9 Å². The van der Waals surface area contributed by atoms with Crippen molar-refractivity contribution >= 4 is 44.6 Å². The lowest BCUT2D eigenvalue weighted by molar-refractivity contribution is 0.993. The number of anilines is 4. The lowest BCUT2D eigenvalue weighted by atomic mass is 10.0. The second-order valence-electron chi connectivity index (χ2n) is 11.0. The van der Waals surface area contributed by atoms with Crippen molar-refractivity contribution in [1.29, 1.82) is 0 Å². The van der Waals surface area contributed by atoms with Gasteiger partial charge in [0.05, 0.1) is 41.2 Å². The largest absolute Gasteiger partial charge is 0.341 e. The second-order valence-corrected chi connectivity index (χ2v) is 11.0. The van der Waals surface area contributed by atoms with Crippen LogP contribution in [0.1, 0.15) is 44.0 Å². The smallest absolute Gasteiger partial charge is 0.0822 e. The molecule has 0 bridgehead atoms. The van der Waals surface area contributed by atoms with Crippen molar-refractivity contribution in [3.8, 4) is 22.5 Å². The first kappa shape index (κ1) is 12.6. The van der Waals surface area contributed by atoms with Gasteiger partial charge in [-0.05, 0) is 118 Å². The van der Waals surface area contributed by atoms with E-state index in [9.17, 15) is 5.48 Å². The van der Waals surface area contributed by atoms with Gasteiger partial charge in [-0.1, -0.05) is 72.5 Å². The zero-order chi connectivity index (χ0) is 52.5. The molecule has 4 unspecified atom stereocenters. The van der Waals surface area contributed by atoms with Crippen LogP contribution in [0.2, 0.25) is 0 Å². The van der Waals surface area contributed by atoms with E-state index in [1.54, 1.807) is 0 Å². The Labute approximate surface area is 314 Å². The third-order valence-corrected chi connectivity index (χ3v) is 8.23. The highest BCUT2D eigenvalue weighted by Gasteiger charge is 2.24. The maximum atomic E-state index is 9.30. The standard InChI is InChI=1S/C44H34N4/c1-5-13-41-31(9-1)17-21-45(41)37-25-35(26-38(29-37)46-22-18-32-10-2-6-14-42(32)46)36-27-39(47-23-19-33-11-3-7-15-43(33)47)30-40(28-36)48-24-20-34-12-4-8-16-44(34)48/h1-17,19,21,23,25-30H,18,20,22,24H2/i1D,2D,3D,4D,5D,6D,7D,8D,9D,10D,11D,12D,13D,14D,15D,16D,17D,18D,19D,20D,21D,22D,23D,24D. The number of nitrogens with zero attached hydrogens (tertiary/aromatic N) is 4. The Morgan fingerprint density at radius 2 is 0.854 bits per heavy atom. The van der Waals surface area contributed by atoms with Crippen LogP contribution in [0.15, 0.2) is 158 Å². The van der Waals surface area contributed by atoms with Crippen LogP contribution in [-0.4, -0.2) is 22.2 Å². The van der Waals surface area contributed by atoms with E-state index in [-0.39, 0.29) is 78.2 Å². The molecule has 4 nitrogen and oxygen atoms in total. The van der Waals surface area contributed by atoms with Crippen LogP contribution in [0.4, 0.5) is 22.7 Å². The van der Waals surface area contributed by atoms with Gasteiger partial charge in [-0.2, -0.15) is 0 Å². The van der Waals surface area contributed by atoms with Crippen molar-refractivity contribution in [2.45, 2.75) is 12.8 Å². The van der Waals surface area contributed by atoms with E-state index < -0.39 is 147 Å². The van der Waals surface area contributed by atoms with Gasteiger partial charge in [0.2, 0.25) is 0 Å². The molecular formula is C44H34N4. The Morgan fingerprint density at radius 1 is 0.438 bits per heavy atom. The minimum Gasteiger partial charge on any atom is -0.341 e. The maximum absolute atomic E-state index is 9.30. The highest BCUT2D eigenvalue weighted by molar-refractivity contribution is 5.87. The van der Waals surface area contributed by atoms with E-state index in [2.05, 4.69) is 0 Å². The number of rotatable bonds is 5. The van der Waals surface area contributed by atoms with Crippen LogP contribution in [-0.2, 0) is 12.8 Å². The molecule has 230 valence electrons. The van der Waals surface area contributed by atoms with Crippen molar-refractivity contribution < 1.29 is 32.9 Å². The van der Waals surface area contributed by atoms with Crippen LogP contribution in [0.25, 0.3) is 44.3 Å². The predicted octanol–water partition coefficient (Wildman–Crippen LogP) is 10.6. The molecule has 0 spiro atoms. The lowest BCUT2D eigenvalue weighted by Crippen LogP contribution is -2.14. The molecular weight excluding hydrogens is 585 g/mol. The molecule has 0 saturated heterocycles. The summed E-state index contributed by atoms with van der Waals surface area (Å²) in [7, 11) is 0. The molecule has 0 N–H and O–H groups in total. The molecule has 2 aromatic heterocycles. The van der Waals surface area contributed by atoms with Crippen LogP contribution >= 0.6 is 0 Å². The van der Waals surface area contributed by atoms with Gasteiger partial charge in [0.25, 0.3) is 0 Å². The van der Waals surface area contributed by atoms with Crippen LogP contribution in [0, 0.1) is 0 Å². The third-order valence-electron chi connectivity index (χ3n) is 8.23. The molecule has 0 saturated carbocycles. The number of benzene rings is 6. The first-order valence-electron chi connectivity index (χ1n) is 27.0. The molecule has 0 radical (unpaired) electrons. The van der Waals surface area contributed by atoms with E-state index in [0.717, 1.165) is 18.9 Å². The summed E-state index contributed by atoms with van der Waals surface area (Å²) in [6, 6.07) is -3.22. The van der Waals surface area contributed by atoms with Crippen molar-refractivity contribution in [3.63, 3.8) is 0 Å². The summed E-state index contributed by atoms with van der Waals surface area (Å²) in [5, 5.41) is -0.649. The Morgan fingerprint density at radius 3 is 1.35 bits per heavy atom. The molecule has 48 heavy (non-hydrogen) atoms. The van der Waals surface area contributed by atoms with Crippen molar-refractivity contribution in [2.75, 3.05) is 22.8 Å². The average Bonchev–Trinajstić information content (AvgIpc) is 3.99. The Hall–Kier alpha value is -6.00. The fourth-order valence-corrected chi connectivity index (χ4v) is 6.04. The van der Waals surface area contributed by atoms with Gasteiger partial charge in [-0.25, -0.2) is 0 Å². The molecule has 6 aromatic carbocycles. The monoisotopic (exact) mass is 642 g/mol. The summed E-state index contributed by atoms with van der Waals surface area (Å²) in [5.74, 6) is 0.